The number of rotatable bonds is 5. The lowest BCUT2D eigenvalue weighted by Crippen LogP contribution is -2.28. The van der Waals surface area contributed by atoms with Crippen molar-refractivity contribution in [1.82, 2.24) is 10.3 Å². The summed E-state index contributed by atoms with van der Waals surface area (Å²) in [5.41, 5.74) is 1.78. The second-order valence-electron chi connectivity index (χ2n) is 6.84. The molecule has 2 aromatic carbocycles. The fourth-order valence-electron chi connectivity index (χ4n) is 3.37. The number of amides is 2. The molecule has 3 aromatic rings. The van der Waals surface area contributed by atoms with E-state index in [9.17, 15) is 9.59 Å². The standard InChI is InChI=1S/C21H21N3O2S/c1-14(16-9-8-15-5-2-3-6-17(15)11-16)22-19(25)12-18-13-27-21(23-18)24-10-4-7-20(24)26/h2-3,5-6,8-9,11,13-14H,4,7,10,12H2,1H3,(H,22,25). The van der Waals surface area contributed by atoms with Crippen molar-refractivity contribution in [2.75, 3.05) is 11.4 Å². The monoisotopic (exact) mass is 379 g/mol. The van der Waals surface area contributed by atoms with Gasteiger partial charge in [0.1, 0.15) is 0 Å². The molecule has 1 aliphatic rings. The third kappa shape index (κ3) is 3.85. The average Bonchev–Trinajstić information content (AvgIpc) is 3.29. The third-order valence-electron chi connectivity index (χ3n) is 4.84. The van der Waals surface area contributed by atoms with Gasteiger partial charge in [0.25, 0.3) is 0 Å². The van der Waals surface area contributed by atoms with Crippen molar-refractivity contribution in [1.29, 1.82) is 0 Å². The number of hydrogen-bond acceptors (Lipinski definition) is 4. The first kappa shape index (κ1) is 17.7. The van der Waals surface area contributed by atoms with Gasteiger partial charge < -0.3 is 5.32 Å². The largest absolute Gasteiger partial charge is 0.349 e. The smallest absolute Gasteiger partial charge is 0.228 e. The number of anilines is 1. The van der Waals surface area contributed by atoms with Gasteiger partial charge in [-0.05, 0) is 35.7 Å². The van der Waals surface area contributed by atoms with Crippen molar-refractivity contribution in [3.63, 3.8) is 0 Å². The Kier molecular flexibility index (Phi) is 4.90. The van der Waals surface area contributed by atoms with Crippen LogP contribution in [0.4, 0.5) is 5.13 Å². The van der Waals surface area contributed by atoms with E-state index in [2.05, 4.69) is 34.6 Å². The molecule has 0 saturated carbocycles. The molecule has 138 valence electrons. The Morgan fingerprint density at radius 1 is 1.26 bits per heavy atom. The number of thiazole rings is 1. The van der Waals surface area contributed by atoms with Crippen LogP contribution in [0, 0.1) is 0 Å². The first-order valence-electron chi connectivity index (χ1n) is 9.13. The first-order chi connectivity index (χ1) is 13.1. The minimum absolute atomic E-state index is 0.0692. The van der Waals surface area contributed by atoms with Crippen LogP contribution in [-0.2, 0) is 16.0 Å². The van der Waals surface area contributed by atoms with Crippen LogP contribution in [-0.4, -0.2) is 23.3 Å². The Balaban J connectivity index is 1.39. The van der Waals surface area contributed by atoms with Crippen molar-refractivity contribution in [2.45, 2.75) is 32.2 Å². The lowest BCUT2D eigenvalue weighted by molar-refractivity contribution is -0.121. The van der Waals surface area contributed by atoms with Crippen LogP contribution in [0.25, 0.3) is 10.8 Å². The van der Waals surface area contributed by atoms with E-state index < -0.39 is 0 Å². The highest BCUT2D eigenvalue weighted by Gasteiger charge is 2.24. The lowest BCUT2D eigenvalue weighted by Gasteiger charge is -2.15. The summed E-state index contributed by atoms with van der Waals surface area (Å²) in [7, 11) is 0. The number of aromatic nitrogens is 1. The molecule has 1 fully saturated rings. The molecule has 0 aliphatic carbocycles. The molecule has 0 radical (unpaired) electrons. The summed E-state index contributed by atoms with van der Waals surface area (Å²) in [6, 6.07) is 14.3. The quantitative estimate of drug-likeness (QED) is 0.733. The maximum Gasteiger partial charge on any atom is 0.228 e. The molecule has 0 bridgehead atoms. The second kappa shape index (κ2) is 7.48. The van der Waals surface area contributed by atoms with Gasteiger partial charge in [-0.3, -0.25) is 14.5 Å². The van der Waals surface area contributed by atoms with Crippen LogP contribution >= 0.6 is 11.3 Å². The lowest BCUT2D eigenvalue weighted by atomic mass is 10.0. The molecule has 1 aliphatic heterocycles. The van der Waals surface area contributed by atoms with Crippen LogP contribution in [0.15, 0.2) is 47.8 Å². The molecular weight excluding hydrogens is 358 g/mol. The zero-order valence-corrected chi connectivity index (χ0v) is 16.0. The molecular formula is C21H21N3O2S. The predicted molar refractivity (Wildman–Crippen MR) is 108 cm³/mol. The molecule has 6 heteroatoms. The van der Waals surface area contributed by atoms with Crippen molar-refractivity contribution in [3.05, 3.63) is 59.1 Å². The molecule has 1 unspecified atom stereocenters. The summed E-state index contributed by atoms with van der Waals surface area (Å²) in [6.07, 6.45) is 1.67. The Labute approximate surface area is 162 Å². The summed E-state index contributed by atoms with van der Waals surface area (Å²) in [5.74, 6) is 0.0468. The Morgan fingerprint density at radius 2 is 2.07 bits per heavy atom. The Bertz CT molecular complexity index is 998. The summed E-state index contributed by atoms with van der Waals surface area (Å²) in [5, 5.41) is 7.95. The predicted octanol–water partition coefficient (Wildman–Crippen LogP) is 3.84. The Hall–Kier alpha value is -2.73. The number of carbonyl (C=O) groups excluding carboxylic acids is 2. The highest BCUT2D eigenvalue weighted by Crippen LogP contribution is 2.25. The maximum atomic E-state index is 12.4. The minimum Gasteiger partial charge on any atom is -0.349 e. The van der Waals surface area contributed by atoms with Crippen LogP contribution in [0.5, 0.6) is 0 Å². The maximum absolute atomic E-state index is 12.4. The van der Waals surface area contributed by atoms with Crippen molar-refractivity contribution in [2.24, 2.45) is 0 Å². The third-order valence-corrected chi connectivity index (χ3v) is 5.75. The van der Waals surface area contributed by atoms with Gasteiger partial charge >= 0.3 is 0 Å². The molecule has 1 N–H and O–H groups in total. The van der Waals surface area contributed by atoms with Crippen molar-refractivity contribution in [3.8, 4) is 0 Å². The van der Waals surface area contributed by atoms with E-state index >= 15 is 0 Å². The summed E-state index contributed by atoms with van der Waals surface area (Å²) in [4.78, 5) is 30.4. The number of hydrogen-bond donors (Lipinski definition) is 1. The summed E-state index contributed by atoms with van der Waals surface area (Å²) in [6.45, 7) is 2.70. The first-order valence-corrected chi connectivity index (χ1v) is 10.0. The molecule has 2 amide bonds. The summed E-state index contributed by atoms with van der Waals surface area (Å²) >= 11 is 1.42. The number of benzene rings is 2. The molecule has 2 heterocycles. The highest BCUT2D eigenvalue weighted by molar-refractivity contribution is 7.14. The van der Waals surface area contributed by atoms with Crippen LogP contribution in [0.3, 0.4) is 0 Å². The van der Waals surface area contributed by atoms with Gasteiger partial charge in [0.05, 0.1) is 18.2 Å². The normalized spacial score (nSPS) is 15.3. The van der Waals surface area contributed by atoms with Crippen LogP contribution in [0.2, 0.25) is 0 Å². The fraction of sp³-hybridized carbons (Fsp3) is 0.286. The van der Waals surface area contributed by atoms with Gasteiger partial charge in [-0.15, -0.1) is 11.3 Å². The van der Waals surface area contributed by atoms with Crippen molar-refractivity contribution >= 4 is 39.1 Å². The van der Waals surface area contributed by atoms with E-state index in [0.29, 0.717) is 17.2 Å². The van der Waals surface area contributed by atoms with Gasteiger partial charge in [-0.2, -0.15) is 0 Å². The molecule has 1 atom stereocenters. The zero-order chi connectivity index (χ0) is 18.8. The van der Waals surface area contributed by atoms with Crippen LogP contribution < -0.4 is 10.2 Å². The van der Waals surface area contributed by atoms with E-state index in [1.165, 1.54) is 16.7 Å². The SMILES string of the molecule is CC(NC(=O)Cc1csc(N2CCCC2=O)n1)c1ccc2ccccc2c1. The molecule has 1 saturated heterocycles. The van der Waals surface area contributed by atoms with Crippen LogP contribution in [0.1, 0.15) is 37.1 Å². The molecule has 4 rings (SSSR count). The average molecular weight is 379 g/mol. The number of fused-ring (bicyclic) bond motifs is 1. The van der Waals surface area contributed by atoms with Gasteiger partial charge in [0, 0.05) is 18.3 Å². The van der Waals surface area contributed by atoms with E-state index in [4.69, 9.17) is 0 Å². The van der Waals surface area contributed by atoms with E-state index in [0.717, 1.165) is 23.9 Å². The highest BCUT2D eigenvalue weighted by atomic mass is 32.1. The van der Waals surface area contributed by atoms with Crippen molar-refractivity contribution < 1.29 is 9.59 Å². The molecule has 5 nitrogen and oxygen atoms in total. The molecule has 1 aromatic heterocycles. The Morgan fingerprint density at radius 3 is 2.85 bits per heavy atom. The van der Waals surface area contributed by atoms with E-state index in [-0.39, 0.29) is 24.3 Å². The zero-order valence-electron chi connectivity index (χ0n) is 15.1. The molecule has 27 heavy (non-hydrogen) atoms. The topological polar surface area (TPSA) is 62.3 Å². The van der Waals surface area contributed by atoms with E-state index in [1.54, 1.807) is 4.90 Å². The number of carbonyl (C=O) groups is 2. The second-order valence-corrected chi connectivity index (χ2v) is 7.68. The summed E-state index contributed by atoms with van der Waals surface area (Å²) < 4.78 is 0. The van der Waals surface area contributed by atoms with Gasteiger partial charge in [-0.25, -0.2) is 4.98 Å². The van der Waals surface area contributed by atoms with Gasteiger partial charge in [-0.1, -0.05) is 36.4 Å². The fourth-order valence-corrected chi connectivity index (χ4v) is 4.24. The molecule has 0 spiro atoms. The number of nitrogens with one attached hydrogen (secondary N) is 1. The van der Waals surface area contributed by atoms with Gasteiger partial charge in [0.15, 0.2) is 5.13 Å². The number of nitrogens with zero attached hydrogens (tertiary/aromatic N) is 2. The minimum atomic E-state index is -0.0830. The van der Waals surface area contributed by atoms with Gasteiger partial charge in [0.2, 0.25) is 11.8 Å². The van der Waals surface area contributed by atoms with E-state index in [1.807, 2.05) is 30.5 Å².